The van der Waals surface area contributed by atoms with Crippen molar-refractivity contribution in [1.29, 1.82) is 0 Å². The van der Waals surface area contributed by atoms with Gasteiger partial charge in [0.15, 0.2) is 0 Å². The number of likely N-dealkylation sites (N-methyl/N-ethyl adjacent to an activating group) is 1. The van der Waals surface area contributed by atoms with Crippen LogP contribution < -0.4 is 5.73 Å². The third-order valence-electron chi connectivity index (χ3n) is 3.24. The Morgan fingerprint density at radius 3 is 2.74 bits per heavy atom. The molecule has 0 heterocycles. The van der Waals surface area contributed by atoms with Crippen LogP contribution in [0.2, 0.25) is 0 Å². The Bertz CT molecular complexity index is 360. The first kappa shape index (κ1) is 16.6. The first-order chi connectivity index (χ1) is 9.17. The molecule has 108 valence electrons. The minimum absolute atomic E-state index is 0.0960. The van der Waals surface area contributed by atoms with Crippen LogP contribution in [0.1, 0.15) is 31.9 Å². The van der Waals surface area contributed by atoms with E-state index < -0.39 is 0 Å². The van der Waals surface area contributed by atoms with Crippen molar-refractivity contribution in [2.24, 2.45) is 5.73 Å². The summed E-state index contributed by atoms with van der Waals surface area (Å²) in [5.41, 5.74) is 7.43. The van der Waals surface area contributed by atoms with Crippen molar-refractivity contribution in [2.45, 2.75) is 26.3 Å². The molecule has 0 radical (unpaired) electrons. The van der Waals surface area contributed by atoms with E-state index in [0.717, 1.165) is 43.7 Å². The van der Waals surface area contributed by atoms with Crippen LogP contribution in [-0.4, -0.2) is 37.7 Å². The summed E-state index contributed by atoms with van der Waals surface area (Å²) in [7, 11) is 0. The molecule has 1 unspecified atom stereocenters. The Balaban J connectivity index is 2.37. The molecule has 3 nitrogen and oxygen atoms in total. The van der Waals surface area contributed by atoms with Crippen LogP contribution in [0, 0.1) is 0 Å². The van der Waals surface area contributed by atoms with E-state index >= 15 is 0 Å². The Morgan fingerprint density at radius 1 is 1.32 bits per heavy atom. The van der Waals surface area contributed by atoms with Gasteiger partial charge in [0.25, 0.3) is 0 Å². The second-order valence-electron chi connectivity index (χ2n) is 4.58. The standard InChI is InChI=1S/C15H25BrN2O/c1-3-18(10-11-19-4-2)9-8-15(17)13-6-5-7-14(16)12-13/h5-7,12,15H,3-4,8-11,17H2,1-2H3. The van der Waals surface area contributed by atoms with Gasteiger partial charge in [0, 0.05) is 30.2 Å². The average Bonchev–Trinajstić information content (AvgIpc) is 2.42. The maximum atomic E-state index is 6.24. The number of ether oxygens (including phenoxy) is 1. The lowest BCUT2D eigenvalue weighted by Crippen LogP contribution is -2.30. The van der Waals surface area contributed by atoms with Gasteiger partial charge >= 0.3 is 0 Å². The first-order valence-corrected chi connectivity index (χ1v) is 7.77. The topological polar surface area (TPSA) is 38.5 Å². The molecular formula is C15H25BrN2O. The summed E-state index contributed by atoms with van der Waals surface area (Å²) in [6, 6.07) is 8.34. The molecule has 0 spiro atoms. The van der Waals surface area contributed by atoms with Crippen molar-refractivity contribution in [3.05, 3.63) is 34.3 Å². The predicted octanol–water partition coefficient (Wildman–Crippen LogP) is 3.20. The average molecular weight is 329 g/mol. The molecule has 0 amide bonds. The van der Waals surface area contributed by atoms with Crippen LogP contribution in [0.15, 0.2) is 28.7 Å². The van der Waals surface area contributed by atoms with Crippen molar-refractivity contribution in [2.75, 3.05) is 32.8 Å². The fraction of sp³-hybridized carbons (Fsp3) is 0.600. The van der Waals surface area contributed by atoms with Crippen molar-refractivity contribution in [1.82, 2.24) is 4.90 Å². The number of hydrogen-bond acceptors (Lipinski definition) is 3. The highest BCUT2D eigenvalue weighted by molar-refractivity contribution is 9.10. The molecule has 0 saturated carbocycles. The van der Waals surface area contributed by atoms with Gasteiger partial charge in [0.05, 0.1) is 6.61 Å². The number of nitrogens with two attached hydrogens (primary N) is 1. The van der Waals surface area contributed by atoms with Crippen LogP contribution in [-0.2, 0) is 4.74 Å². The third kappa shape index (κ3) is 6.52. The molecule has 2 N–H and O–H groups in total. The monoisotopic (exact) mass is 328 g/mol. The van der Waals surface area contributed by atoms with Crippen LogP contribution in [0.25, 0.3) is 0 Å². The highest BCUT2D eigenvalue weighted by Crippen LogP contribution is 2.19. The SMILES string of the molecule is CCOCCN(CC)CCC(N)c1cccc(Br)c1. The molecule has 19 heavy (non-hydrogen) atoms. The lowest BCUT2D eigenvalue weighted by Gasteiger charge is -2.22. The summed E-state index contributed by atoms with van der Waals surface area (Å²) >= 11 is 3.48. The van der Waals surface area contributed by atoms with E-state index in [0.29, 0.717) is 0 Å². The van der Waals surface area contributed by atoms with Gasteiger partial charge < -0.3 is 15.4 Å². The summed E-state index contributed by atoms with van der Waals surface area (Å²) < 4.78 is 6.48. The second-order valence-corrected chi connectivity index (χ2v) is 5.50. The zero-order chi connectivity index (χ0) is 14.1. The molecule has 0 bridgehead atoms. The molecule has 0 aliphatic heterocycles. The van der Waals surface area contributed by atoms with Crippen LogP contribution in [0.5, 0.6) is 0 Å². The first-order valence-electron chi connectivity index (χ1n) is 6.98. The van der Waals surface area contributed by atoms with E-state index in [-0.39, 0.29) is 6.04 Å². The van der Waals surface area contributed by atoms with Gasteiger partial charge in [0.2, 0.25) is 0 Å². The smallest absolute Gasteiger partial charge is 0.0593 e. The Hall–Kier alpha value is -0.420. The molecule has 1 aromatic rings. The minimum atomic E-state index is 0.0960. The highest BCUT2D eigenvalue weighted by Gasteiger charge is 2.09. The second kappa shape index (κ2) is 9.48. The lowest BCUT2D eigenvalue weighted by molar-refractivity contribution is 0.114. The van der Waals surface area contributed by atoms with Gasteiger partial charge in [-0.3, -0.25) is 0 Å². The zero-order valence-electron chi connectivity index (χ0n) is 11.9. The molecule has 0 fully saturated rings. The normalized spacial score (nSPS) is 12.9. The van der Waals surface area contributed by atoms with Crippen molar-refractivity contribution >= 4 is 15.9 Å². The van der Waals surface area contributed by atoms with Crippen molar-refractivity contribution in [3.8, 4) is 0 Å². The zero-order valence-corrected chi connectivity index (χ0v) is 13.5. The van der Waals surface area contributed by atoms with Crippen LogP contribution >= 0.6 is 15.9 Å². The molecule has 1 aromatic carbocycles. The highest BCUT2D eigenvalue weighted by atomic mass is 79.9. The third-order valence-corrected chi connectivity index (χ3v) is 3.73. The van der Waals surface area contributed by atoms with Crippen LogP contribution in [0.4, 0.5) is 0 Å². The van der Waals surface area contributed by atoms with Crippen molar-refractivity contribution < 1.29 is 4.74 Å². The number of rotatable bonds is 9. The number of nitrogens with zero attached hydrogens (tertiary/aromatic N) is 1. The van der Waals surface area contributed by atoms with E-state index in [4.69, 9.17) is 10.5 Å². The van der Waals surface area contributed by atoms with Gasteiger partial charge in [0.1, 0.15) is 0 Å². The van der Waals surface area contributed by atoms with E-state index in [2.05, 4.69) is 39.9 Å². The van der Waals surface area contributed by atoms with Gasteiger partial charge in [-0.15, -0.1) is 0 Å². The van der Waals surface area contributed by atoms with E-state index in [9.17, 15) is 0 Å². The van der Waals surface area contributed by atoms with Gasteiger partial charge in [-0.05, 0) is 37.6 Å². The molecule has 0 aliphatic rings. The van der Waals surface area contributed by atoms with E-state index in [1.807, 2.05) is 19.1 Å². The lowest BCUT2D eigenvalue weighted by atomic mass is 10.0. The van der Waals surface area contributed by atoms with Gasteiger partial charge in [-0.2, -0.15) is 0 Å². The Morgan fingerprint density at radius 2 is 2.11 bits per heavy atom. The summed E-state index contributed by atoms with van der Waals surface area (Å²) in [6.07, 6.45) is 0.969. The number of halogens is 1. The summed E-state index contributed by atoms with van der Waals surface area (Å²) in [4.78, 5) is 2.38. The maximum absolute atomic E-state index is 6.24. The van der Waals surface area contributed by atoms with Crippen molar-refractivity contribution in [3.63, 3.8) is 0 Å². The predicted molar refractivity (Wildman–Crippen MR) is 84.3 cm³/mol. The molecular weight excluding hydrogens is 304 g/mol. The largest absolute Gasteiger partial charge is 0.380 e. The molecule has 4 heteroatoms. The number of benzene rings is 1. The molecule has 0 saturated heterocycles. The fourth-order valence-corrected chi connectivity index (χ4v) is 2.41. The Kier molecular flexibility index (Phi) is 8.30. The molecule has 1 atom stereocenters. The Labute approximate surface area is 125 Å². The van der Waals surface area contributed by atoms with Gasteiger partial charge in [-0.1, -0.05) is 35.0 Å². The van der Waals surface area contributed by atoms with E-state index in [1.165, 1.54) is 5.56 Å². The fourth-order valence-electron chi connectivity index (χ4n) is 1.99. The summed E-state index contributed by atoms with van der Waals surface area (Å²) in [5, 5.41) is 0. The summed E-state index contributed by atoms with van der Waals surface area (Å²) in [5.74, 6) is 0. The maximum Gasteiger partial charge on any atom is 0.0593 e. The van der Waals surface area contributed by atoms with E-state index in [1.54, 1.807) is 0 Å². The van der Waals surface area contributed by atoms with Crippen LogP contribution in [0.3, 0.4) is 0 Å². The number of hydrogen-bond donors (Lipinski definition) is 1. The molecule has 0 aliphatic carbocycles. The molecule has 0 aromatic heterocycles. The molecule has 1 rings (SSSR count). The van der Waals surface area contributed by atoms with Gasteiger partial charge in [-0.25, -0.2) is 0 Å². The summed E-state index contributed by atoms with van der Waals surface area (Å²) in [6.45, 7) is 8.83. The minimum Gasteiger partial charge on any atom is -0.380 e. The quantitative estimate of drug-likeness (QED) is 0.707.